The molecular weight excluding hydrogens is 442 g/mol. The molecule has 8 heteroatoms. The average molecular weight is 466 g/mol. The van der Waals surface area contributed by atoms with E-state index in [0.29, 0.717) is 22.9 Å². The number of amides is 3. The molecule has 0 bridgehead atoms. The van der Waals surface area contributed by atoms with Gasteiger partial charge in [-0.3, -0.25) is 19.3 Å². The van der Waals surface area contributed by atoms with Gasteiger partial charge in [-0.05, 0) is 41.1 Å². The lowest BCUT2D eigenvalue weighted by Crippen LogP contribution is -2.44. The Hall–Kier alpha value is -3.42. The van der Waals surface area contributed by atoms with Crippen molar-refractivity contribution in [1.29, 1.82) is 0 Å². The Balaban J connectivity index is 1.51. The van der Waals surface area contributed by atoms with E-state index >= 15 is 0 Å². The third-order valence-corrected chi connectivity index (χ3v) is 5.88. The molecule has 1 aliphatic heterocycles. The molecule has 0 aromatic heterocycles. The second kappa shape index (κ2) is 10.0. The van der Waals surface area contributed by atoms with Gasteiger partial charge in [-0.1, -0.05) is 48.0 Å². The van der Waals surface area contributed by atoms with Gasteiger partial charge in [0.05, 0.1) is 6.61 Å². The lowest BCUT2D eigenvalue weighted by molar-refractivity contribution is -0.132. The molecule has 0 unspecified atom stereocenters. The van der Waals surface area contributed by atoms with Crippen LogP contribution in [0.5, 0.6) is 0 Å². The van der Waals surface area contributed by atoms with Crippen LogP contribution in [0.1, 0.15) is 10.4 Å². The second-order valence-corrected chi connectivity index (χ2v) is 8.21. The molecule has 0 N–H and O–H groups in total. The van der Waals surface area contributed by atoms with Crippen LogP contribution in [0.15, 0.2) is 66.7 Å². The number of benzene rings is 3. The van der Waals surface area contributed by atoms with Crippen LogP contribution in [0.25, 0.3) is 10.8 Å². The van der Waals surface area contributed by atoms with Crippen molar-refractivity contribution in [3.05, 3.63) is 77.3 Å². The summed E-state index contributed by atoms with van der Waals surface area (Å²) in [6.07, 6.45) is 0. The molecule has 170 valence electrons. The molecule has 0 aliphatic carbocycles. The van der Waals surface area contributed by atoms with Crippen LogP contribution in [-0.2, 0) is 14.3 Å². The van der Waals surface area contributed by atoms with Crippen LogP contribution in [0.3, 0.4) is 0 Å². The Morgan fingerprint density at radius 1 is 1.03 bits per heavy atom. The highest BCUT2D eigenvalue weighted by atomic mass is 35.5. The minimum absolute atomic E-state index is 0.0396. The molecular formula is C25H24ClN3O4. The predicted molar refractivity (Wildman–Crippen MR) is 127 cm³/mol. The molecule has 1 heterocycles. The van der Waals surface area contributed by atoms with E-state index in [2.05, 4.69) is 0 Å². The van der Waals surface area contributed by atoms with E-state index < -0.39 is 0 Å². The maximum Gasteiger partial charge on any atom is 0.255 e. The first kappa shape index (κ1) is 22.8. The zero-order valence-electron chi connectivity index (χ0n) is 18.2. The van der Waals surface area contributed by atoms with E-state index in [0.717, 1.165) is 10.8 Å². The lowest BCUT2D eigenvalue weighted by atomic mass is 10.0. The van der Waals surface area contributed by atoms with Crippen LogP contribution >= 0.6 is 11.6 Å². The number of methoxy groups -OCH3 is 1. The first-order valence-electron chi connectivity index (χ1n) is 10.6. The summed E-state index contributed by atoms with van der Waals surface area (Å²) in [4.78, 5) is 43.5. The summed E-state index contributed by atoms with van der Waals surface area (Å²) in [5.41, 5.74) is 1.19. The molecule has 3 aromatic rings. The predicted octanol–water partition coefficient (Wildman–Crippen LogP) is 3.41. The highest BCUT2D eigenvalue weighted by molar-refractivity contribution is 6.30. The van der Waals surface area contributed by atoms with Crippen molar-refractivity contribution in [1.82, 2.24) is 9.80 Å². The van der Waals surface area contributed by atoms with Crippen LogP contribution in [0, 0.1) is 0 Å². The van der Waals surface area contributed by atoms with Crippen LogP contribution in [0.4, 0.5) is 5.69 Å². The molecule has 33 heavy (non-hydrogen) atoms. The van der Waals surface area contributed by atoms with E-state index in [1.165, 1.54) is 14.7 Å². The van der Waals surface area contributed by atoms with Crippen molar-refractivity contribution >= 4 is 45.8 Å². The molecule has 3 aromatic carbocycles. The summed E-state index contributed by atoms with van der Waals surface area (Å²) in [6, 6.07) is 20.0. The summed E-state index contributed by atoms with van der Waals surface area (Å²) in [5.74, 6) is -0.740. The number of anilines is 1. The van der Waals surface area contributed by atoms with Crippen molar-refractivity contribution in [3.8, 4) is 0 Å². The normalized spacial score (nSPS) is 13.6. The van der Waals surface area contributed by atoms with Gasteiger partial charge in [0.2, 0.25) is 11.8 Å². The first-order valence-corrected chi connectivity index (χ1v) is 11.0. The third-order valence-electron chi connectivity index (χ3n) is 5.63. The maximum atomic E-state index is 13.4. The highest BCUT2D eigenvalue weighted by Gasteiger charge is 2.33. The van der Waals surface area contributed by atoms with Crippen LogP contribution in [0.2, 0.25) is 5.02 Å². The zero-order valence-corrected chi connectivity index (χ0v) is 19.0. The number of hydrogen-bond acceptors (Lipinski definition) is 4. The number of carbonyl (C=O) groups is 3. The van der Waals surface area contributed by atoms with E-state index in [4.69, 9.17) is 16.3 Å². The fraction of sp³-hybridized carbons (Fsp3) is 0.240. The van der Waals surface area contributed by atoms with Crippen LogP contribution in [-0.4, -0.2) is 67.5 Å². The summed E-state index contributed by atoms with van der Waals surface area (Å²) in [5, 5.41) is 2.34. The van der Waals surface area contributed by atoms with Gasteiger partial charge < -0.3 is 14.5 Å². The second-order valence-electron chi connectivity index (χ2n) is 7.78. The monoisotopic (exact) mass is 465 g/mol. The molecule has 3 amide bonds. The smallest absolute Gasteiger partial charge is 0.255 e. The van der Waals surface area contributed by atoms with E-state index in [9.17, 15) is 14.4 Å². The van der Waals surface area contributed by atoms with Gasteiger partial charge in [0, 0.05) is 29.9 Å². The number of ether oxygens (including phenoxy) is 1. The third kappa shape index (κ3) is 4.99. The Morgan fingerprint density at radius 3 is 2.52 bits per heavy atom. The minimum atomic E-state index is -0.301. The first-order chi connectivity index (χ1) is 16.0. The van der Waals surface area contributed by atoms with Crippen molar-refractivity contribution in [3.63, 3.8) is 0 Å². The van der Waals surface area contributed by atoms with Gasteiger partial charge in [0.25, 0.3) is 5.91 Å². The van der Waals surface area contributed by atoms with Crippen LogP contribution < -0.4 is 4.90 Å². The largest absolute Gasteiger partial charge is 0.383 e. The van der Waals surface area contributed by atoms with E-state index in [-0.39, 0.29) is 44.0 Å². The van der Waals surface area contributed by atoms with Gasteiger partial charge >= 0.3 is 0 Å². The lowest BCUT2D eigenvalue weighted by Gasteiger charge is -2.25. The Kier molecular flexibility index (Phi) is 6.91. The number of nitrogens with zero attached hydrogens (tertiary/aromatic N) is 3. The summed E-state index contributed by atoms with van der Waals surface area (Å²) in [7, 11) is 1.55. The van der Waals surface area contributed by atoms with E-state index in [1.807, 2.05) is 36.4 Å². The number of hydrogen-bond donors (Lipinski definition) is 0. The van der Waals surface area contributed by atoms with E-state index in [1.54, 1.807) is 37.4 Å². The summed E-state index contributed by atoms with van der Waals surface area (Å²) in [6.45, 7) is 0.488. The molecule has 0 saturated carbocycles. The average Bonchev–Trinajstić information content (AvgIpc) is 3.23. The quantitative estimate of drug-likeness (QED) is 0.536. The fourth-order valence-electron chi connectivity index (χ4n) is 3.86. The van der Waals surface area contributed by atoms with Crippen molar-refractivity contribution < 1.29 is 19.1 Å². The molecule has 1 fully saturated rings. The molecule has 7 nitrogen and oxygen atoms in total. The van der Waals surface area contributed by atoms with Crippen molar-refractivity contribution in [2.75, 3.05) is 44.9 Å². The summed E-state index contributed by atoms with van der Waals surface area (Å²) < 4.78 is 5.16. The summed E-state index contributed by atoms with van der Waals surface area (Å²) >= 11 is 5.93. The Labute approximate surface area is 197 Å². The SMILES string of the molecule is COCCN(CC(=O)N1CC(=O)N(c2ccc(Cl)cc2)C1)C(=O)c1cccc2ccccc12. The van der Waals surface area contributed by atoms with Crippen molar-refractivity contribution in [2.24, 2.45) is 0 Å². The molecule has 0 atom stereocenters. The number of carbonyl (C=O) groups excluding carboxylic acids is 3. The standard InChI is InChI=1S/C25H24ClN3O4/c1-33-14-13-27(25(32)22-8-4-6-18-5-2-3-7-21(18)22)15-23(30)28-16-24(31)29(17-28)20-11-9-19(26)10-12-20/h2-12H,13-17H2,1H3. The fourth-order valence-corrected chi connectivity index (χ4v) is 3.99. The molecule has 1 aliphatic rings. The van der Waals surface area contributed by atoms with Crippen molar-refractivity contribution in [2.45, 2.75) is 0 Å². The zero-order chi connectivity index (χ0) is 23.4. The molecule has 0 spiro atoms. The Bertz CT molecular complexity index is 1180. The molecule has 4 rings (SSSR count). The van der Waals surface area contributed by atoms with Gasteiger partial charge in [0.15, 0.2) is 0 Å². The number of halogens is 1. The highest BCUT2D eigenvalue weighted by Crippen LogP contribution is 2.23. The molecule has 1 saturated heterocycles. The number of rotatable bonds is 7. The number of fused-ring (bicyclic) bond motifs is 1. The van der Waals surface area contributed by atoms with Gasteiger partial charge in [0.1, 0.15) is 19.8 Å². The van der Waals surface area contributed by atoms with Gasteiger partial charge in [-0.25, -0.2) is 0 Å². The minimum Gasteiger partial charge on any atom is -0.383 e. The van der Waals surface area contributed by atoms with Gasteiger partial charge in [-0.15, -0.1) is 0 Å². The molecule has 0 radical (unpaired) electrons. The van der Waals surface area contributed by atoms with Gasteiger partial charge in [-0.2, -0.15) is 0 Å². The maximum absolute atomic E-state index is 13.4. The Morgan fingerprint density at radius 2 is 1.76 bits per heavy atom. The topological polar surface area (TPSA) is 70.2 Å².